The summed E-state index contributed by atoms with van der Waals surface area (Å²) >= 11 is 7.83. The second kappa shape index (κ2) is 12.1. The molecule has 0 aromatic rings. The first-order chi connectivity index (χ1) is 6.81. The van der Waals surface area contributed by atoms with Gasteiger partial charge in [-0.05, 0) is 12.8 Å². The van der Waals surface area contributed by atoms with Gasteiger partial charge in [0.25, 0.3) is 0 Å². The molecule has 0 spiro atoms. The van der Waals surface area contributed by atoms with Crippen LogP contribution < -0.4 is 0 Å². The highest BCUT2D eigenvalue weighted by molar-refractivity contribution is 8.61. The largest absolute Gasteiger partial charge is 0.335 e. The molecule has 1 atom stereocenters. The minimum atomic E-state index is -0.725. The summed E-state index contributed by atoms with van der Waals surface area (Å²) in [5.41, 5.74) is 0. The fraction of sp³-hybridized carbons (Fsp3) is 1.00. The first-order valence-electron chi connectivity index (χ1n) is 5.53. The van der Waals surface area contributed by atoms with Gasteiger partial charge < -0.3 is 4.52 Å². The first kappa shape index (κ1) is 15.0. The summed E-state index contributed by atoms with van der Waals surface area (Å²) in [6.07, 6.45) is 7.50. The minimum absolute atomic E-state index is 0.725. The summed E-state index contributed by atoms with van der Waals surface area (Å²) in [7, 11) is 0. The van der Waals surface area contributed by atoms with E-state index in [0.29, 0.717) is 0 Å². The van der Waals surface area contributed by atoms with Crippen LogP contribution in [0.5, 0.6) is 0 Å². The van der Waals surface area contributed by atoms with E-state index >= 15 is 0 Å². The van der Waals surface area contributed by atoms with Crippen LogP contribution in [0.15, 0.2) is 0 Å². The summed E-state index contributed by atoms with van der Waals surface area (Å²) in [4.78, 5) is 0. The third-order valence-corrected chi connectivity index (χ3v) is 5.59. The van der Waals surface area contributed by atoms with Crippen LogP contribution in [-0.4, -0.2) is 12.4 Å². The Bertz CT molecular complexity index is 104. The maximum Gasteiger partial charge on any atom is 0.188 e. The molecule has 0 saturated carbocycles. The van der Waals surface area contributed by atoms with Crippen molar-refractivity contribution >= 4 is 29.3 Å². The van der Waals surface area contributed by atoms with Gasteiger partial charge in [0.05, 0.1) is 6.61 Å². The van der Waals surface area contributed by atoms with Gasteiger partial charge in [0.2, 0.25) is 0 Å². The Kier molecular flexibility index (Phi) is 13.0. The molecule has 0 rings (SSSR count). The molecule has 14 heavy (non-hydrogen) atoms. The fourth-order valence-electron chi connectivity index (χ4n) is 1.01. The third-order valence-electron chi connectivity index (χ3n) is 1.88. The highest BCUT2D eigenvalue weighted by Gasteiger charge is 2.04. The molecule has 0 N–H and O–H groups in total. The molecule has 0 fully saturated rings. The van der Waals surface area contributed by atoms with Gasteiger partial charge in [0, 0.05) is 5.75 Å². The Hall–Kier alpha value is 1.03. The number of rotatable bonds is 10. The zero-order valence-electron chi connectivity index (χ0n) is 9.30. The van der Waals surface area contributed by atoms with Gasteiger partial charge in [0.15, 0.2) is 6.70 Å². The second-order valence-corrected chi connectivity index (χ2v) is 7.93. The van der Waals surface area contributed by atoms with Crippen LogP contribution in [0.4, 0.5) is 0 Å². The van der Waals surface area contributed by atoms with Gasteiger partial charge in [-0.25, -0.2) is 0 Å². The minimum Gasteiger partial charge on any atom is -0.335 e. The van der Waals surface area contributed by atoms with Gasteiger partial charge in [-0.15, -0.1) is 0 Å². The van der Waals surface area contributed by atoms with Crippen molar-refractivity contribution in [3.05, 3.63) is 0 Å². The molecule has 0 aromatic carbocycles. The van der Waals surface area contributed by atoms with E-state index in [9.17, 15) is 0 Å². The summed E-state index contributed by atoms with van der Waals surface area (Å²) in [6.45, 7) is 4.53. The van der Waals surface area contributed by atoms with Crippen molar-refractivity contribution < 1.29 is 4.52 Å². The molecule has 0 aromatic heterocycles. The Morgan fingerprint density at radius 1 is 1.07 bits per heavy atom. The van der Waals surface area contributed by atoms with E-state index in [1.807, 2.05) is 0 Å². The molecule has 0 aliphatic heterocycles. The van der Waals surface area contributed by atoms with E-state index in [1.54, 1.807) is 11.4 Å². The van der Waals surface area contributed by atoms with Crippen LogP contribution in [0.3, 0.4) is 0 Å². The molecule has 0 saturated heterocycles. The number of unbranched alkanes of at least 4 members (excludes halogenated alkanes) is 4. The molecule has 0 aliphatic carbocycles. The van der Waals surface area contributed by atoms with Crippen LogP contribution in [0.2, 0.25) is 0 Å². The van der Waals surface area contributed by atoms with Crippen molar-refractivity contribution in [2.24, 2.45) is 0 Å². The lowest BCUT2D eigenvalue weighted by Crippen LogP contribution is -1.86. The third kappa shape index (κ3) is 11.1. The molecule has 1 unspecified atom stereocenters. The van der Waals surface area contributed by atoms with E-state index in [4.69, 9.17) is 15.8 Å². The molecule has 0 radical (unpaired) electrons. The van der Waals surface area contributed by atoms with E-state index in [0.717, 1.165) is 18.8 Å². The SMILES string of the molecule is CCCCCOP(Cl)SCCCCC. The van der Waals surface area contributed by atoms with E-state index < -0.39 is 6.70 Å². The Morgan fingerprint density at radius 2 is 1.71 bits per heavy atom. The molecule has 0 bridgehead atoms. The number of halogens is 1. The highest BCUT2D eigenvalue weighted by atomic mass is 35.7. The van der Waals surface area contributed by atoms with Gasteiger partial charge in [0.1, 0.15) is 0 Å². The fourth-order valence-corrected chi connectivity index (χ4v) is 3.93. The van der Waals surface area contributed by atoms with Gasteiger partial charge in [-0.1, -0.05) is 62.2 Å². The second-order valence-electron chi connectivity index (χ2n) is 3.29. The van der Waals surface area contributed by atoms with Crippen molar-refractivity contribution in [2.75, 3.05) is 12.4 Å². The zero-order valence-corrected chi connectivity index (χ0v) is 11.8. The summed E-state index contributed by atoms with van der Waals surface area (Å²) < 4.78 is 5.52. The zero-order chi connectivity index (χ0) is 10.6. The van der Waals surface area contributed by atoms with Crippen molar-refractivity contribution in [3.63, 3.8) is 0 Å². The van der Waals surface area contributed by atoms with Crippen LogP contribution in [0.1, 0.15) is 52.4 Å². The highest BCUT2D eigenvalue weighted by Crippen LogP contribution is 2.55. The Balaban J connectivity index is 3.07. The monoisotopic (exact) mass is 256 g/mol. The Labute approximate surface area is 98.7 Å². The van der Waals surface area contributed by atoms with Crippen LogP contribution in [0.25, 0.3) is 0 Å². The van der Waals surface area contributed by atoms with Gasteiger partial charge in [-0.2, -0.15) is 0 Å². The van der Waals surface area contributed by atoms with E-state index in [-0.39, 0.29) is 0 Å². The molecule has 0 amide bonds. The predicted molar refractivity (Wildman–Crippen MR) is 70.2 cm³/mol. The van der Waals surface area contributed by atoms with Crippen LogP contribution >= 0.6 is 29.3 Å². The molecule has 1 nitrogen and oxygen atoms in total. The topological polar surface area (TPSA) is 9.23 Å². The summed E-state index contributed by atoms with van der Waals surface area (Å²) in [6, 6.07) is 0. The molecular weight excluding hydrogens is 235 g/mol. The lowest BCUT2D eigenvalue weighted by molar-refractivity contribution is 0.351. The quantitative estimate of drug-likeness (QED) is 0.373. The maximum absolute atomic E-state index is 6.04. The van der Waals surface area contributed by atoms with Gasteiger partial charge >= 0.3 is 0 Å². The summed E-state index contributed by atoms with van der Waals surface area (Å²) in [5.74, 6) is 1.15. The van der Waals surface area contributed by atoms with Crippen molar-refractivity contribution in [1.29, 1.82) is 0 Å². The first-order valence-corrected chi connectivity index (χ1v) is 9.28. The van der Waals surface area contributed by atoms with E-state index in [1.165, 1.54) is 32.1 Å². The van der Waals surface area contributed by atoms with Crippen molar-refractivity contribution in [2.45, 2.75) is 52.4 Å². The molecule has 86 valence electrons. The summed E-state index contributed by atoms with van der Waals surface area (Å²) in [5, 5.41) is 0. The number of hydrogen-bond acceptors (Lipinski definition) is 2. The average molecular weight is 257 g/mol. The average Bonchev–Trinajstić information content (AvgIpc) is 2.19. The smallest absolute Gasteiger partial charge is 0.188 e. The predicted octanol–water partition coefficient (Wildman–Crippen LogP) is 5.58. The maximum atomic E-state index is 6.04. The Morgan fingerprint density at radius 3 is 2.36 bits per heavy atom. The van der Waals surface area contributed by atoms with Gasteiger partial charge in [-0.3, -0.25) is 0 Å². The molecule has 0 aliphatic rings. The molecule has 4 heteroatoms. The lowest BCUT2D eigenvalue weighted by Gasteiger charge is -2.08. The number of hydrogen-bond donors (Lipinski definition) is 0. The van der Waals surface area contributed by atoms with Crippen molar-refractivity contribution in [3.8, 4) is 0 Å². The normalized spacial score (nSPS) is 13.1. The standard InChI is InChI=1S/C10H22ClOPS/c1-3-5-7-9-12-13(11)14-10-8-6-4-2/h3-10H2,1-2H3. The lowest BCUT2D eigenvalue weighted by atomic mass is 10.3. The van der Waals surface area contributed by atoms with Crippen LogP contribution in [0, 0.1) is 0 Å². The molecule has 0 heterocycles. The van der Waals surface area contributed by atoms with Crippen molar-refractivity contribution in [1.82, 2.24) is 0 Å². The van der Waals surface area contributed by atoms with E-state index in [2.05, 4.69) is 13.8 Å². The van der Waals surface area contributed by atoms with Crippen LogP contribution in [-0.2, 0) is 4.52 Å². The molecular formula is C10H22ClOPS.